The van der Waals surface area contributed by atoms with Gasteiger partial charge in [-0.2, -0.15) is 0 Å². The zero-order valence-electron chi connectivity index (χ0n) is 14.8. The van der Waals surface area contributed by atoms with Crippen LogP contribution in [0.25, 0.3) is 6.08 Å². The van der Waals surface area contributed by atoms with E-state index in [4.69, 9.17) is 5.73 Å². The number of hydrogen-bond donors (Lipinski definition) is 2. The molecule has 3 N–H and O–H groups in total. The van der Waals surface area contributed by atoms with Crippen LogP contribution in [0.3, 0.4) is 0 Å². The molecule has 0 aliphatic heterocycles. The van der Waals surface area contributed by atoms with Gasteiger partial charge in [0.05, 0.1) is 5.69 Å². The lowest BCUT2D eigenvalue weighted by Gasteiger charge is -2.20. The molecule has 0 fully saturated rings. The van der Waals surface area contributed by atoms with Crippen molar-refractivity contribution in [1.82, 2.24) is 15.3 Å². The fraction of sp³-hybridized carbons (Fsp3) is 0.400. The first-order valence-electron chi connectivity index (χ1n) is 8.56. The highest BCUT2D eigenvalue weighted by Gasteiger charge is 2.13. The predicted octanol–water partition coefficient (Wildman–Crippen LogP) is 3.18. The van der Waals surface area contributed by atoms with Crippen LogP contribution in [0.2, 0.25) is 0 Å². The largest absolute Gasteiger partial charge is 0.330 e. The average molecular weight is 324 g/mol. The lowest BCUT2D eigenvalue weighted by atomic mass is 10.0. The molecule has 1 unspecified atom stereocenters. The standard InChI is InChI=1S/C20H28N4/c1-4-17-7-6-10-22-20(17)14-23-18(8-5-9-21)12-19-16(3)11-15(2)13-24-19/h4,6-7,10-11,13,18,23H,1,5,8-9,12,14,21H2,2-3H3. The third-order valence-corrected chi connectivity index (χ3v) is 4.22. The fourth-order valence-corrected chi connectivity index (χ4v) is 2.86. The van der Waals surface area contributed by atoms with Crippen LogP contribution in [0, 0.1) is 13.8 Å². The van der Waals surface area contributed by atoms with Gasteiger partial charge in [-0.05, 0) is 56.0 Å². The normalized spacial score (nSPS) is 12.1. The Balaban J connectivity index is 2.06. The van der Waals surface area contributed by atoms with Crippen LogP contribution in [-0.2, 0) is 13.0 Å². The maximum Gasteiger partial charge on any atom is 0.0613 e. The Morgan fingerprint density at radius 2 is 2.12 bits per heavy atom. The highest BCUT2D eigenvalue weighted by atomic mass is 14.9. The molecule has 0 aliphatic rings. The number of nitrogens with one attached hydrogen (secondary N) is 1. The molecule has 4 nitrogen and oxygen atoms in total. The van der Waals surface area contributed by atoms with Crippen LogP contribution in [0.4, 0.5) is 0 Å². The van der Waals surface area contributed by atoms with E-state index in [0.29, 0.717) is 12.6 Å². The minimum absolute atomic E-state index is 0.335. The van der Waals surface area contributed by atoms with Crippen LogP contribution >= 0.6 is 0 Å². The van der Waals surface area contributed by atoms with Crippen molar-refractivity contribution in [3.63, 3.8) is 0 Å². The number of nitrogens with zero attached hydrogens (tertiary/aromatic N) is 2. The lowest BCUT2D eigenvalue weighted by molar-refractivity contribution is 0.458. The predicted molar refractivity (Wildman–Crippen MR) is 101 cm³/mol. The third kappa shape index (κ3) is 5.25. The summed E-state index contributed by atoms with van der Waals surface area (Å²) >= 11 is 0. The quantitative estimate of drug-likeness (QED) is 0.743. The van der Waals surface area contributed by atoms with Crippen molar-refractivity contribution in [3.05, 3.63) is 65.2 Å². The smallest absolute Gasteiger partial charge is 0.0613 e. The lowest BCUT2D eigenvalue weighted by Crippen LogP contribution is -2.32. The monoisotopic (exact) mass is 324 g/mol. The van der Waals surface area contributed by atoms with Crippen LogP contribution in [0.15, 0.2) is 37.2 Å². The van der Waals surface area contributed by atoms with Gasteiger partial charge in [0.25, 0.3) is 0 Å². The van der Waals surface area contributed by atoms with Crippen molar-refractivity contribution in [1.29, 1.82) is 0 Å². The molecule has 0 spiro atoms. The summed E-state index contributed by atoms with van der Waals surface area (Å²) in [6.45, 7) is 9.50. The summed E-state index contributed by atoms with van der Waals surface area (Å²) in [4.78, 5) is 9.08. The Morgan fingerprint density at radius 1 is 1.29 bits per heavy atom. The summed E-state index contributed by atoms with van der Waals surface area (Å²) in [6, 6.07) is 6.50. The van der Waals surface area contributed by atoms with Gasteiger partial charge in [0, 0.05) is 37.1 Å². The van der Waals surface area contributed by atoms with E-state index in [1.165, 1.54) is 11.1 Å². The topological polar surface area (TPSA) is 63.8 Å². The Hall–Kier alpha value is -2.04. The Kier molecular flexibility index (Phi) is 7.09. The molecule has 128 valence electrons. The second kappa shape index (κ2) is 9.30. The number of aryl methyl sites for hydroxylation is 2. The van der Waals surface area contributed by atoms with Crippen molar-refractivity contribution in [2.75, 3.05) is 6.54 Å². The third-order valence-electron chi connectivity index (χ3n) is 4.22. The molecule has 0 bridgehead atoms. The molecule has 0 aliphatic carbocycles. The van der Waals surface area contributed by atoms with Crippen LogP contribution in [0.5, 0.6) is 0 Å². The van der Waals surface area contributed by atoms with E-state index in [1.54, 1.807) is 0 Å². The van der Waals surface area contributed by atoms with Crippen LogP contribution in [0.1, 0.15) is 40.9 Å². The molecular weight excluding hydrogens is 296 g/mol. The summed E-state index contributed by atoms with van der Waals surface area (Å²) in [5, 5.41) is 3.63. The molecule has 2 rings (SSSR count). The molecule has 0 saturated heterocycles. The van der Waals surface area contributed by atoms with E-state index < -0.39 is 0 Å². The molecule has 24 heavy (non-hydrogen) atoms. The van der Waals surface area contributed by atoms with E-state index in [0.717, 1.165) is 42.8 Å². The molecule has 1 atom stereocenters. The van der Waals surface area contributed by atoms with Gasteiger partial charge >= 0.3 is 0 Å². The molecule has 0 aromatic carbocycles. The first kappa shape index (κ1) is 18.3. The number of rotatable bonds is 9. The minimum atomic E-state index is 0.335. The molecule has 0 radical (unpaired) electrons. The van der Waals surface area contributed by atoms with E-state index in [2.05, 4.69) is 41.8 Å². The van der Waals surface area contributed by atoms with Gasteiger partial charge in [0.2, 0.25) is 0 Å². The first-order valence-corrected chi connectivity index (χ1v) is 8.56. The second-order valence-corrected chi connectivity index (χ2v) is 6.23. The summed E-state index contributed by atoms with van der Waals surface area (Å²) in [6.07, 6.45) is 8.55. The zero-order chi connectivity index (χ0) is 17.4. The summed E-state index contributed by atoms with van der Waals surface area (Å²) in [5.41, 5.74) is 11.4. The van der Waals surface area contributed by atoms with Crippen molar-refractivity contribution in [2.45, 2.75) is 45.7 Å². The number of nitrogens with two attached hydrogens (primary N) is 1. The number of aromatic nitrogens is 2. The van der Waals surface area contributed by atoms with E-state index in [1.807, 2.05) is 30.6 Å². The van der Waals surface area contributed by atoms with E-state index in [9.17, 15) is 0 Å². The average Bonchev–Trinajstić information content (AvgIpc) is 2.59. The zero-order valence-corrected chi connectivity index (χ0v) is 14.8. The van der Waals surface area contributed by atoms with Crippen molar-refractivity contribution in [2.24, 2.45) is 5.73 Å². The molecule has 0 saturated carbocycles. The van der Waals surface area contributed by atoms with Gasteiger partial charge in [-0.15, -0.1) is 0 Å². The molecule has 0 amide bonds. The SMILES string of the molecule is C=Cc1cccnc1CNC(CCCN)Cc1ncc(C)cc1C. The van der Waals surface area contributed by atoms with Crippen molar-refractivity contribution < 1.29 is 0 Å². The van der Waals surface area contributed by atoms with Gasteiger partial charge in [-0.1, -0.05) is 24.8 Å². The van der Waals surface area contributed by atoms with Crippen molar-refractivity contribution >= 4 is 6.08 Å². The summed E-state index contributed by atoms with van der Waals surface area (Å²) < 4.78 is 0. The summed E-state index contributed by atoms with van der Waals surface area (Å²) in [7, 11) is 0. The maximum absolute atomic E-state index is 5.70. The molecule has 2 heterocycles. The fourth-order valence-electron chi connectivity index (χ4n) is 2.86. The number of pyridine rings is 2. The summed E-state index contributed by atoms with van der Waals surface area (Å²) in [5.74, 6) is 0. The Bertz CT molecular complexity index is 666. The molecule has 2 aromatic heterocycles. The second-order valence-electron chi connectivity index (χ2n) is 6.23. The van der Waals surface area contributed by atoms with Gasteiger partial charge in [0.1, 0.15) is 0 Å². The van der Waals surface area contributed by atoms with Crippen LogP contribution in [-0.4, -0.2) is 22.6 Å². The van der Waals surface area contributed by atoms with E-state index >= 15 is 0 Å². The van der Waals surface area contributed by atoms with Crippen LogP contribution < -0.4 is 11.1 Å². The van der Waals surface area contributed by atoms with Gasteiger partial charge in [-0.3, -0.25) is 9.97 Å². The van der Waals surface area contributed by atoms with Crippen molar-refractivity contribution in [3.8, 4) is 0 Å². The van der Waals surface area contributed by atoms with Gasteiger partial charge in [0.15, 0.2) is 0 Å². The maximum atomic E-state index is 5.70. The minimum Gasteiger partial charge on any atom is -0.330 e. The van der Waals surface area contributed by atoms with E-state index in [-0.39, 0.29) is 0 Å². The van der Waals surface area contributed by atoms with Gasteiger partial charge in [-0.25, -0.2) is 0 Å². The number of hydrogen-bond acceptors (Lipinski definition) is 4. The molecular formula is C20H28N4. The molecule has 2 aromatic rings. The Morgan fingerprint density at radius 3 is 2.83 bits per heavy atom. The Labute approximate surface area is 145 Å². The van der Waals surface area contributed by atoms with Gasteiger partial charge < -0.3 is 11.1 Å². The highest BCUT2D eigenvalue weighted by molar-refractivity contribution is 5.49. The molecule has 4 heteroatoms. The highest BCUT2D eigenvalue weighted by Crippen LogP contribution is 2.13. The first-order chi connectivity index (χ1) is 11.6.